The molecule has 1 unspecified atom stereocenters. The topological polar surface area (TPSA) is 70.7 Å². The van der Waals surface area contributed by atoms with Crippen molar-refractivity contribution in [1.82, 2.24) is 20.3 Å². The number of fused-ring (bicyclic) bond motifs is 1. The maximum atomic E-state index is 12.8. The highest BCUT2D eigenvalue weighted by Gasteiger charge is 2.21. The Morgan fingerprint density at radius 2 is 1.91 bits per heavy atom. The molecule has 1 atom stereocenters. The van der Waals surface area contributed by atoms with E-state index in [1.807, 2.05) is 66.2 Å². The second-order valence-electron chi connectivity index (χ2n) is 7.73. The summed E-state index contributed by atoms with van der Waals surface area (Å²) in [4.78, 5) is 24.9. The predicted octanol–water partition coefficient (Wildman–Crippen LogP) is 5.83. The zero-order chi connectivity index (χ0) is 22.6. The summed E-state index contributed by atoms with van der Waals surface area (Å²) in [5, 5.41) is 7.69. The van der Waals surface area contributed by atoms with Gasteiger partial charge in [0.05, 0.1) is 12.1 Å². The number of para-hydroxylation sites is 1. The number of aromatic nitrogens is 3. The average molecular weight is 473 g/mol. The predicted molar refractivity (Wildman–Crippen MR) is 134 cm³/mol. The first kappa shape index (κ1) is 21.4. The number of hydrogen-bond acceptors (Lipinski definition) is 4. The second-order valence-corrected chi connectivity index (χ2v) is 9.00. The normalized spacial score (nSPS) is 12.0. The van der Waals surface area contributed by atoms with Crippen LogP contribution >= 0.6 is 22.9 Å². The van der Waals surface area contributed by atoms with Gasteiger partial charge in [0, 0.05) is 57.9 Å². The van der Waals surface area contributed by atoms with Crippen molar-refractivity contribution in [3.8, 4) is 10.6 Å². The van der Waals surface area contributed by atoms with Crippen LogP contribution in [0.15, 0.2) is 84.6 Å². The molecule has 0 aliphatic heterocycles. The number of carbonyl (C=O) groups is 1. The minimum absolute atomic E-state index is 0.0741. The van der Waals surface area contributed by atoms with E-state index < -0.39 is 0 Å². The monoisotopic (exact) mass is 472 g/mol. The molecule has 0 saturated carbocycles. The molecule has 2 N–H and O–H groups in total. The first-order valence-electron chi connectivity index (χ1n) is 10.6. The molecule has 5 aromatic rings. The third-order valence-corrected chi connectivity index (χ3v) is 6.87. The van der Waals surface area contributed by atoms with Crippen molar-refractivity contribution in [2.45, 2.75) is 12.3 Å². The third-order valence-electron chi connectivity index (χ3n) is 5.58. The lowest BCUT2D eigenvalue weighted by atomic mass is 9.90. The Hall–Kier alpha value is -3.48. The number of benzene rings is 2. The van der Waals surface area contributed by atoms with Crippen molar-refractivity contribution < 1.29 is 4.79 Å². The molecule has 1 amide bonds. The minimum atomic E-state index is -0.0832. The number of aromatic amines is 1. The number of hydrogen-bond donors (Lipinski definition) is 2. The molecule has 3 heterocycles. The van der Waals surface area contributed by atoms with Gasteiger partial charge in [-0.15, -0.1) is 11.3 Å². The molecule has 0 spiro atoms. The standard InChI is InChI=1S/C26H21ClN4OS/c27-23-9-3-1-7-19(23)21(22-14-29-24-10-4-2-8-20(22)24)15-30-25(32)12-18-16-33-26(31-18)17-6-5-11-28-13-17/h1-11,13-14,16,21,29H,12,15H2,(H,30,32). The van der Waals surface area contributed by atoms with E-state index in [-0.39, 0.29) is 18.2 Å². The van der Waals surface area contributed by atoms with Crippen molar-refractivity contribution in [2.75, 3.05) is 6.54 Å². The van der Waals surface area contributed by atoms with Gasteiger partial charge in [-0.3, -0.25) is 9.78 Å². The molecule has 0 bridgehead atoms. The molecule has 7 heteroatoms. The van der Waals surface area contributed by atoms with E-state index in [0.29, 0.717) is 11.6 Å². The Balaban J connectivity index is 1.34. The SMILES string of the molecule is O=C(Cc1csc(-c2cccnc2)n1)NCC(c1ccccc1Cl)c1c[nH]c2ccccc12. The number of carbonyl (C=O) groups excluding carboxylic acids is 1. The van der Waals surface area contributed by atoms with E-state index in [1.54, 1.807) is 12.4 Å². The van der Waals surface area contributed by atoms with E-state index in [4.69, 9.17) is 11.6 Å². The Kier molecular flexibility index (Phi) is 6.19. The summed E-state index contributed by atoms with van der Waals surface area (Å²) in [5.41, 5.74) is 4.84. The van der Waals surface area contributed by atoms with Crippen molar-refractivity contribution in [3.05, 3.63) is 106 Å². The Morgan fingerprint density at radius 3 is 2.76 bits per heavy atom. The molecule has 2 aromatic carbocycles. The Labute approximate surface area is 200 Å². The first-order chi connectivity index (χ1) is 16.2. The molecule has 5 rings (SSSR count). The van der Waals surface area contributed by atoms with Crippen molar-refractivity contribution >= 4 is 39.7 Å². The summed E-state index contributed by atoms with van der Waals surface area (Å²) in [6.45, 7) is 0.435. The van der Waals surface area contributed by atoms with Gasteiger partial charge in [0.1, 0.15) is 5.01 Å². The van der Waals surface area contributed by atoms with Gasteiger partial charge < -0.3 is 10.3 Å². The lowest BCUT2D eigenvalue weighted by Gasteiger charge is -2.19. The number of nitrogens with one attached hydrogen (secondary N) is 2. The van der Waals surface area contributed by atoms with Crippen molar-refractivity contribution in [1.29, 1.82) is 0 Å². The molecule has 5 nitrogen and oxygen atoms in total. The van der Waals surface area contributed by atoms with Crippen LogP contribution in [0.5, 0.6) is 0 Å². The van der Waals surface area contributed by atoms with E-state index in [0.717, 1.165) is 38.3 Å². The molecular formula is C26H21ClN4OS. The molecule has 33 heavy (non-hydrogen) atoms. The zero-order valence-electron chi connectivity index (χ0n) is 17.7. The fraction of sp³-hybridized carbons (Fsp3) is 0.115. The van der Waals surface area contributed by atoms with Gasteiger partial charge in [-0.25, -0.2) is 4.98 Å². The number of rotatable bonds is 7. The third kappa shape index (κ3) is 4.67. The lowest BCUT2D eigenvalue weighted by molar-refractivity contribution is -0.120. The van der Waals surface area contributed by atoms with Crippen LogP contribution in [0.2, 0.25) is 5.02 Å². The molecule has 0 aliphatic carbocycles. The van der Waals surface area contributed by atoms with E-state index in [9.17, 15) is 4.79 Å². The van der Waals surface area contributed by atoms with Gasteiger partial charge in [-0.05, 0) is 35.4 Å². The lowest BCUT2D eigenvalue weighted by Crippen LogP contribution is -2.30. The van der Waals surface area contributed by atoms with E-state index >= 15 is 0 Å². The van der Waals surface area contributed by atoms with Crippen LogP contribution in [0, 0.1) is 0 Å². The van der Waals surface area contributed by atoms with Gasteiger partial charge in [-0.2, -0.15) is 0 Å². The molecule has 0 saturated heterocycles. The van der Waals surface area contributed by atoms with Crippen LogP contribution in [0.25, 0.3) is 21.5 Å². The number of H-pyrrole nitrogens is 1. The first-order valence-corrected chi connectivity index (χ1v) is 11.9. The summed E-state index contributed by atoms with van der Waals surface area (Å²) < 4.78 is 0. The highest BCUT2D eigenvalue weighted by molar-refractivity contribution is 7.13. The van der Waals surface area contributed by atoms with E-state index in [1.165, 1.54) is 11.3 Å². The largest absolute Gasteiger partial charge is 0.361 e. The Morgan fingerprint density at radius 1 is 1.06 bits per heavy atom. The molecule has 0 fully saturated rings. The van der Waals surface area contributed by atoms with Crippen molar-refractivity contribution in [2.24, 2.45) is 0 Å². The summed E-state index contributed by atoms with van der Waals surface area (Å²) in [5.74, 6) is -0.157. The number of amides is 1. The molecule has 164 valence electrons. The van der Waals surface area contributed by atoms with Gasteiger partial charge in [0.15, 0.2) is 0 Å². The van der Waals surface area contributed by atoms with Crippen LogP contribution in [0.1, 0.15) is 22.7 Å². The molecule has 3 aromatic heterocycles. The minimum Gasteiger partial charge on any atom is -0.361 e. The van der Waals surface area contributed by atoms with Gasteiger partial charge in [-0.1, -0.05) is 48.0 Å². The van der Waals surface area contributed by atoms with Gasteiger partial charge >= 0.3 is 0 Å². The number of halogens is 1. The highest BCUT2D eigenvalue weighted by Crippen LogP contribution is 2.34. The van der Waals surface area contributed by atoms with Crippen molar-refractivity contribution in [3.63, 3.8) is 0 Å². The maximum Gasteiger partial charge on any atom is 0.226 e. The van der Waals surface area contributed by atoms with Gasteiger partial charge in [0.2, 0.25) is 5.91 Å². The summed E-state index contributed by atoms with van der Waals surface area (Å²) >= 11 is 8.07. The number of nitrogens with zero attached hydrogens (tertiary/aromatic N) is 2. The fourth-order valence-electron chi connectivity index (χ4n) is 3.98. The molecule has 0 radical (unpaired) electrons. The van der Waals surface area contributed by atoms with Gasteiger partial charge in [0.25, 0.3) is 0 Å². The fourth-order valence-corrected chi connectivity index (χ4v) is 5.06. The summed E-state index contributed by atoms with van der Waals surface area (Å²) in [6.07, 6.45) is 5.73. The smallest absolute Gasteiger partial charge is 0.226 e. The zero-order valence-corrected chi connectivity index (χ0v) is 19.2. The quantitative estimate of drug-likeness (QED) is 0.313. The maximum absolute atomic E-state index is 12.8. The number of pyridine rings is 1. The molecular weight excluding hydrogens is 452 g/mol. The number of thiazole rings is 1. The molecule has 0 aliphatic rings. The van der Waals surface area contributed by atoms with Crippen LogP contribution in [-0.4, -0.2) is 27.4 Å². The average Bonchev–Trinajstić information content (AvgIpc) is 3.48. The van der Waals surface area contributed by atoms with Crippen LogP contribution < -0.4 is 5.32 Å². The van der Waals surface area contributed by atoms with Crippen LogP contribution in [0.3, 0.4) is 0 Å². The summed E-state index contributed by atoms with van der Waals surface area (Å²) in [6, 6.07) is 19.8. The van der Waals surface area contributed by atoms with E-state index in [2.05, 4.69) is 26.3 Å². The second kappa shape index (κ2) is 9.57. The Bertz CT molecular complexity index is 1400. The van der Waals surface area contributed by atoms with Crippen LogP contribution in [-0.2, 0) is 11.2 Å². The highest BCUT2D eigenvalue weighted by atomic mass is 35.5. The summed E-state index contributed by atoms with van der Waals surface area (Å²) in [7, 11) is 0. The van der Waals surface area contributed by atoms with Crippen LogP contribution in [0.4, 0.5) is 0 Å².